The summed E-state index contributed by atoms with van der Waals surface area (Å²) in [5.74, 6) is -1.76. The Morgan fingerprint density at radius 1 is 1.11 bits per heavy atom. The second-order valence-electron chi connectivity index (χ2n) is 12.5. The molecule has 4 fully saturated rings. The number of carbonyl (C=O) groups is 3. The molecule has 4 atom stereocenters. The molecule has 12 heteroatoms. The van der Waals surface area contributed by atoms with Crippen LogP contribution < -0.4 is 10.2 Å². The van der Waals surface area contributed by atoms with Gasteiger partial charge in [0.2, 0.25) is 0 Å². The lowest BCUT2D eigenvalue weighted by Crippen LogP contribution is -2.68. The van der Waals surface area contributed by atoms with Crippen LogP contribution >= 0.6 is 11.3 Å². The lowest BCUT2D eigenvalue weighted by atomic mass is 9.78. The van der Waals surface area contributed by atoms with Gasteiger partial charge in [-0.2, -0.15) is 8.78 Å². The first-order valence-corrected chi connectivity index (χ1v) is 16.3. The molecule has 1 N–H and O–H groups in total. The van der Waals surface area contributed by atoms with E-state index in [-0.39, 0.29) is 24.9 Å². The second kappa shape index (κ2) is 12.7. The molecule has 0 radical (unpaired) electrons. The van der Waals surface area contributed by atoms with Gasteiger partial charge >= 0.3 is 0 Å². The Morgan fingerprint density at radius 3 is 2.48 bits per heavy atom. The molecule has 4 unspecified atom stereocenters. The molecule has 0 spiro atoms. The van der Waals surface area contributed by atoms with Crippen LogP contribution in [-0.2, 0) is 14.3 Å². The molecule has 3 saturated heterocycles. The predicted molar refractivity (Wildman–Crippen MR) is 164 cm³/mol. The highest BCUT2D eigenvalue weighted by Gasteiger charge is 2.59. The summed E-state index contributed by atoms with van der Waals surface area (Å²) in [6, 6.07) is 6.27. The first-order valence-electron chi connectivity index (χ1n) is 15.4. The summed E-state index contributed by atoms with van der Waals surface area (Å²) in [5, 5.41) is 4.01. The van der Waals surface area contributed by atoms with E-state index >= 15 is 0 Å². The largest absolute Gasteiger partial charge is 0.368 e. The quantitative estimate of drug-likeness (QED) is 0.437. The van der Waals surface area contributed by atoms with Gasteiger partial charge in [0.25, 0.3) is 12.0 Å². The molecule has 4 aliphatic rings. The van der Waals surface area contributed by atoms with Crippen LogP contribution in [0.4, 0.5) is 13.9 Å². The van der Waals surface area contributed by atoms with E-state index in [9.17, 15) is 23.2 Å². The summed E-state index contributed by atoms with van der Waals surface area (Å²) in [7, 11) is 2.12. The van der Waals surface area contributed by atoms with Crippen LogP contribution in [0.2, 0.25) is 0 Å². The smallest absolute Gasteiger partial charge is 0.266 e. The van der Waals surface area contributed by atoms with E-state index in [0.717, 1.165) is 72.8 Å². The highest BCUT2D eigenvalue weighted by Crippen LogP contribution is 2.43. The molecule has 9 nitrogen and oxygen atoms in total. The molecule has 6 rings (SSSR count). The maximum atomic E-state index is 13.8. The van der Waals surface area contributed by atoms with Crippen molar-refractivity contribution in [2.24, 2.45) is 11.8 Å². The third kappa shape index (κ3) is 5.84. The number of aromatic nitrogens is 1. The summed E-state index contributed by atoms with van der Waals surface area (Å²) < 4.78 is 32.4. The number of hydrogen-bond acceptors (Lipinski definition) is 9. The number of amides is 1. The lowest BCUT2D eigenvalue weighted by molar-refractivity contribution is -0.132. The van der Waals surface area contributed by atoms with E-state index < -0.39 is 35.7 Å². The third-order valence-electron chi connectivity index (χ3n) is 9.74. The van der Waals surface area contributed by atoms with Crippen LogP contribution in [0.5, 0.6) is 0 Å². The van der Waals surface area contributed by atoms with E-state index in [2.05, 4.69) is 22.2 Å². The Balaban J connectivity index is 1.26. The zero-order valence-electron chi connectivity index (χ0n) is 25.1. The van der Waals surface area contributed by atoms with Crippen molar-refractivity contribution in [3.05, 3.63) is 46.9 Å². The fraction of sp³-hybridized carbons (Fsp3) is 0.562. The molecule has 0 bridgehead atoms. The summed E-state index contributed by atoms with van der Waals surface area (Å²) in [4.78, 5) is 52.2. The summed E-state index contributed by atoms with van der Waals surface area (Å²) >= 11 is 1.66. The van der Waals surface area contributed by atoms with Gasteiger partial charge in [-0.3, -0.25) is 19.3 Å². The maximum absolute atomic E-state index is 13.8. The number of benzene rings is 1. The number of aryl methyl sites for hydroxylation is 1. The van der Waals surface area contributed by atoms with E-state index in [1.165, 1.54) is 0 Å². The number of ether oxygens (including phenoxy) is 1. The van der Waals surface area contributed by atoms with Crippen LogP contribution in [0.3, 0.4) is 0 Å². The number of ketones is 1. The number of piperazine rings is 1. The molecule has 236 valence electrons. The predicted octanol–water partition coefficient (Wildman–Crippen LogP) is 4.12. The molecule has 2 aromatic rings. The molecule has 44 heavy (non-hydrogen) atoms. The van der Waals surface area contributed by atoms with Gasteiger partial charge in [-0.15, -0.1) is 11.3 Å². The zero-order valence-corrected chi connectivity index (χ0v) is 26.0. The molecular weight excluding hydrogens is 588 g/mol. The number of hydrogen-bond donors (Lipinski definition) is 1. The van der Waals surface area contributed by atoms with Gasteiger partial charge in [0, 0.05) is 60.6 Å². The molecular formula is C32H39F2N5O4S. The van der Waals surface area contributed by atoms with Crippen molar-refractivity contribution in [2.75, 3.05) is 51.3 Å². The van der Waals surface area contributed by atoms with Crippen LogP contribution in [-0.4, -0.2) is 96.9 Å². The Morgan fingerprint density at radius 2 is 1.82 bits per heavy atom. The molecule has 1 aromatic heterocycles. The van der Waals surface area contributed by atoms with Crippen molar-refractivity contribution in [3.8, 4) is 11.3 Å². The average molecular weight is 628 g/mol. The zero-order chi connectivity index (χ0) is 31.0. The Hall–Kier alpha value is -3.06. The monoisotopic (exact) mass is 627 g/mol. The molecule has 1 amide bonds. The SMILES string of the molecule is Cc1sc(N2CCN(C)CC2)nc1-c1ccc(C(=O)NC(C=O)(C2CCCCC2)N2CC(C=C(F)F)C3OCC(=O)C32)cc1. The van der Waals surface area contributed by atoms with Crippen molar-refractivity contribution in [1.82, 2.24) is 20.1 Å². The van der Waals surface area contributed by atoms with E-state index in [0.29, 0.717) is 24.7 Å². The minimum absolute atomic E-state index is 0.00557. The van der Waals surface area contributed by atoms with Gasteiger partial charge < -0.3 is 19.9 Å². The number of Topliss-reactive ketones (excluding diaryl/α,β-unsaturated/α-hetero) is 1. The number of fused-ring (bicyclic) bond motifs is 1. The maximum Gasteiger partial charge on any atom is 0.266 e. The van der Waals surface area contributed by atoms with Gasteiger partial charge in [-0.05, 0) is 45.0 Å². The molecule has 1 aromatic carbocycles. The van der Waals surface area contributed by atoms with Gasteiger partial charge in [-0.1, -0.05) is 31.4 Å². The second-order valence-corrected chi connectivity index (χ2v) is 13.6. The minimum Gasteiger partial charge on any atom is -0.368 e. The lowest BCUT2D eigenvalue weighted by Gasteiger charge is -2.47. The van der Waals surface area contributed by atoms with Crippen molar-refractivity contribution in [3.63, 3.8) is 0 Å². The highest BCUT2D eigenvalue weighted by molar-refractivity contribution is 7.16. The fourth-order valence-electron chi connectivity index (χ4n) is 7.34. The number of nitrogens with zero attached hydrogens (tertiary/aromatic N) is 4. The van der Waals surface area contributed by atoms with Crippen molar-refractivity contribution < 1.29 is 27.9 Å². The number of aldehydes is 1. The van der Waals surface area contributed by atoms with Crippen LogP contribution in [0.1, 0.15) is 47.3 Å². The van der Waals surface area contributed by atoms with Gasteiger partial charge in [0.1, 0.15) is 12.6 Å². The molecule has 1 saturated carbocycles. The van der Waals surface area contributed by atoms with Gasteiger partial charge in [0.15, 0.2) is 22.9 Å². The summed E-state index contributed by atoms with van der Waals surface area (Å²) in [5.41, 5.74) is 0.602. The number of halogens is 2. The van der Waals surface area contributed by atoms with E-state index in [1.807, 2.05) is 19.1 Å². The van der Waals surface area contributed by atoms with Gasteiger partial charge in [-0.25, -0.2) is 4.98 Å². The average Bonchev–Trinajstić information content (AvgIpc) is 3.72. The van der Waals surface area contributed by atoms with Crippen LogP contribution in [0.15, 0.2) is 36.4 Å². The third-order valence-corrected chi connectivity index (χ3v) is 10.8. The Kier molecular flexibility index (Phi) is 8.96. The molecule has 4 heterocycles. The fourth-order valence-corrected chi connectivity index (χ4v) is 8.33. The van der Waals surface area contributed by atoms with E-state index in [1.54, 1.807) is 28.4 Å². The number of thiazole rings is 1. The highest BCUT2D eigenvalue weighted by atomic mass is 32.1. The Bertz CT molecular complexity index is 1420. The summed E-state index contributed by atoms with van der Waals surface area (Å²) in [6.45, 7) is 5.69. The standard InChI is InChI=1S/C32H39F2N5O4S/c1-20-27(35-31(44-20)38-14-12-37(2)13-15-38)21-8-10-22(11-9-21)30(42)36-32(19-40,24-6-4-3-5-7-24)39-17-23(16-26(33)34)29-28(39)25(41)18-43-29/h8-11,16,19,23-24,28-29H,3-7,12-15,17-18H2,1-2H3,(H,36,42). The molecule has 1 aliphatic carbocycles. The number of likely N-dealkylation sites (N-methyl/N-ethyl adjacent to an activating group) is 1. The summed E-state index contributed by atoms with van der Waals surface area (Å²) in [6.07, 6.45) is 3.00. The first kappa shape index (κ1) is 30.9. The normalized spacial score (nSPS) is 26.3. The van der Waals surface area contributed by atoms with Crippen LogP contribution in [0.25, 0.3) is 11.3 Å². The van der Waals surface area contributed by atoms with Crippen molar-refractivity contribution in [1.29, 1.82) is 0 Å². The number of rotatable bonds is 8. The van der Waals surface area contributed by atoms with Gasteiger partial charge in [0.05, 0.1) is 11.8 Å². The van der Waals surface area contributed by atoms with Crippen molar-refractivity contribution in [2.45, 2.75) is 56.8 Å². The number of nitrogens with one attached hydrogen (secondary N) is 1. The minimum atomic E-state index is -1.86. The van der Waals surface area contributed by atoms with Crippen molar-refractivity contribution >= 4 is 34.4 Å². The topological polar surface area (TPSA) is 95.1 Å². The molecule has 3 aliphatic heterocycles. The van der Waals surface area contributed by atoms with Crippen LogP contribution in [0, 0.1) is 18.8 Å². The first-order chi connectivity index (χ1) is 21.2. The number of likely N-dealkylation sites (tertiary alicyclic amines) is 1. The Labute approximate surface area is 260 Å². The van der Waals surface area contributed by atoms with E-state index in [4.69, 9.17) is 9.72 Å². The number of anilines is 1. The number of carbonyl (C=O) groups excluding carboxylic acids is 3.